The Balaban J connectivity index is 2.01. The minimum absolute atomic E-state index is 0.0358. The first-order chi connectivity index (χ1) is 11.0. The van der Waals surface area contributed by atoms with Crippen molar-refractivity contribution in [3.63, 3.8) is 0 Å². The van der Waals surface area contributed by atoms with Gasteiger partial charge in [0.15, 0.2) is 5.76 Å². The number of amides is 1. The predicted octanol–water partition coefficient (Wildman–Crippen LogP) is 2.55. The van der Waals surface area contributed by atoms with E-state index in [4.69, 9.17) is 13.9 Å². The summed E-state index contributed by atoms with van der Waals surface area (Å²) in [5.41, 5.74) is 0.466. The molecule has 7 heteroatoms. The van der Waals surface area contributed by atoms with Crippen LogP contribution in [0.25, 0.3) is 11.7 Å². The Bertz CT molecular complexity index is 660. The Morgan fingerprint density at radius 1 is 1.43 bits per heavy atom. The Hall–Kier alpha value is -2.57. The lowest BCUT2D eigenvalue weighted by molar-refractivity contribution is -0.142. The van der Waals surface area contributed by atoms with E-state index in [1.165, 1.54) is 6.26 Å². The van der Waals surface area contributed by atoms with Crippen molar-refractivity contribution in [1.29, 1.82) is 0 Å². The van der Waals surface area contributed by atoms with E-state index in [2.05, 4.69) is 10.3 Å². The van der Waals surface area contributed by atoms with Gasteiger partial charge in [-0.2, -0.15) is 0 Å². The molecule has 7 nitrogen and oxygen atoms in total. The Morgan fingerprint density at radius 2 is 2.22 bits per heavy atom. The fourth-order valence-electron chi connectivity index (χ4n) is 2.16. The first-order valence-corrected chi connectivity index (χ1v) is 7.53. The molecular formula is C16H20N2O5. The molecule has 1 atom stereocenters. The summed E-state index contributed by atoms with van der Waals surface area (Å²) in [6.45, 7) is 3.67. The van der Waals surface area contributed by atoms with Gasteiger partial charge in [0.1, 0.15) is 11.8 Å². The second-order valence-electron chi connectivity index (χ2n) is 5.28. The minimum atomic E-state index is -1.03. The van der Waals surface area contributed by atoms with Crippen molar-refractivity contribution in [2.24, 2.45) is 0 Å². The Labute approximate surface area is 133 Å². The maximum Gasteiger partial charge on any atom is 0.326 e. The summed E-state index contributed by atoms with van der Waals surface area (Å²) in [5, 5.41) is 11.7. The third kappa shape index (κ3) is 4.45. The van der Waals surface area contributed by atoms with Crippen LogP contribution < -0.4 is 5.32 Å². The summed E-state index contributed by atoms with van der Waals surface area (Å²) in [4.78, 5) is 27.5. The zero-order valence-corrected chi connectivity index (χ0v) is 13.2. The van der Waals surface area contributed by atoms with Crippen LogP contribution in [-0.4, -0.2) is 28.0 Å². The summed E-state index contributed by atoms with van der Waals surface area (Å²) in [7, 11) is 0. The van der Waals surface area contributed by atoms with Gasteiger partial charge in [-0.3, -0.25) is 4.79 Å². The van der Waals surface area contributed by atoms with Crippen LogP contribution in [0.4, 0.5) is 0 Å². The van der Waals surface area contributed by atoms with Crippen LogP contribution in [0, 0.1) is 6.92 Å². The van der Waals surface area contributed by atoms with Gasteiger partial charge in [-0.05, 0) is 25.5 Å². The van der Waals surface area contributed by atoms with Crippen molar-refractivity contribution in [1.82, 2.24) is 10.3 Å². The van der Waals surface area contributed by atoms with E-state index >= 15 is 0 Å². The molecule has 0 aliphatic carbocycles. The number of aromatic nitrogens is 1. The van der Waals surface area contributed by atoms with Crippen molar-refractivity contribution in [2.45, 2.75) is 45.6 Å². The van der Waals surface area contributed by atoms with Crippen molar-refractivity contribution in [2.75, 3.05) is 0 Å². The molecule has 0 unspecified atom stereocenters. The van der Waals surface area contributed by atoms with Crippen molar-refractivity contribution in [3.8, 4) is 11.7 Å². The fraction of sp³-hybridized carbons (Fsp3) is 0.438. The number of aryl methyl sites for hydroxylation is 1. The average molecular weight is 320 g/mol. The molecule has 0 bridgehead atoms. The Kier molecular flexibility index (Phi) is 5.56. The van der Waals surface area contributed by atoms with Crippen LogP contribution in [0.1, 0.15) is 37.6 Å². The number of oxazole rings is 1. The normalized spacial score (nSPS) is 12.1. The second kappa shape index (κ2) is 7.62. The molecule has 0 fully saturated rings. The highest BCUT2D eigenvalue weighted by Crippen LogP contribution is 2.22. The molecule has 2 aromatic rings. The van der Waals surface area contributed by atoms with Crippen LogP contribution in [-0.2, 0) is 16.0 Å². The zero-order valence-electron chi connectivity index (χ0n) is 13.2. The van der Waals surface area contributed by atoms with Crippen molar-refractivity contribution < 1.29 is 23.5 Å². The maximum absolute atomic E-state index is 12.1. The van der Waals surface area contributed by atoms with Crippen LogP contribution in [0.2, 0.25) is 0 Å². The molecule has 2 heterocycles. The molecule has 1 amide bonds. The molecule has 0 saturated heterocycles. The zero-order chi connectivity index (χ0) is 16.8. The summed E-state index contributed by atoms with van der Waals surface area (Å²) < 4.78 is 10.7. The minimum Gasteiger partial charge on any atom is -0.480 e. The molecule has 0 aliphatic heterocycles. The summed E-state index contributed by atoms with van der Waals surface area (Å²) >= 11 is 0. The molecule has 0 aromatic carbocycles. The number of carboxylic acid groups (broad SMARTS) is 1. The molecule has 2 aromatic heterocycles. The van der Waals surface area contributed by atoms with Crippen LogP contribution >= 0.6 is 0 Å². The molecule has 23 heavy (non-hydrogen) atoms. The molecule has 124 valence electrons. The van der Waals surface area contributed by atoms with Gasteiger partial charge in [-0.1, -0.05) is 19.8 Å². The van der Waals surface area contributed by atoms with Gasteiger partial charge >= 0.3 is 5.97 Å². The third-order valence-electron chi connectivity index (χ3n) is 3.43. The topological polar surface area (TPSA) is 106 Å². The molecule has 2 rings (SSSR count). The van der Waals surface area contributed by atoms with Crippen LogP contribution in [0.5, 0.6) is 0 Å². The number of nitrogens with zero attached hydrogens (tertiary/aromatic N) is 1. The van der Waals surface area contributed by atoms with Gasteiger partial charge in [0.05, 0.1) is 18.4 Å². The quantitative estimate of drug-likeness (QED) is 0.774. The van der Waals surface area contributed by atoms with Gasteiger partial charge in [-0.15, -0.1) is 0 Å². The summed E-state index contributed by atoms with van der Waals surface area (Å²) in [5.74, 6) is -0.134. The fourth-order valence-corrected chi connectivity index (χ4v) is 2.16. The van der Waals surface area contributed by atoms with Crippen molar-refractivity contribution >= 4 is 11.9 Å². The van der Waals surface area contributed by atoms with Gasteiger partial charge in [-0.25, -0.2) is 9.78 Å². The Morgan fingerprint density at radius 3 is 2.83 bits per heavy atom. The first-order valence-electron chi connectivity index (χ1n) is 7.53. The largest absolute Gasteiger partial charge is 0.480 e. The number of carboxylic acids is 1. The number of hydrogen-bond acceptors (Lipinski definition) is 5. The van der Waals surface area contributed by atoms with E-state index in [1.54, 1.807) is 19.1 Å². The standard InChI is InChI=1S/C16H20N2O5/c1-3-4-6-11(16(20)21)17-14(19)9-12-10(2)23-15(18-12)13-7-5-8-22-13/h5,7-8,11H,3-4,6,9H2,1-2H3,(H,17,19)(H,20,21)/t11-/m0/s1. The van der Waals surface area contributed by atoms with E-state index in [0.29, 0.717) is 29.5 Å². The smallest absolute Gasteiger partial charge is 0.326 e. The third-order valence-corrected chi connectivity index (χ3v) is 3.43. The van der Waals surface area contributed by atoms with E-state index in [1.807, 2.05) is 6.92 Å². The summed E-state index contributed by atoms with van der Waals surface area (Å²) in [6, 6.07) is 2.55. The van der Waals surface area contributed by atoms with Crippen LogP contribution in [0.15, 0.2) is 27.2 Å². The number of unbranched alkanes of at least 4 members (excludes halogenated alkanes) is 1. The number of nitrogens with one attached hydrogen (secondary N) is 1. The molecule has 0 spiro atoms. The lowest BCUT2D eigenvalue weighted by Crippen LogP contribution is -2.41. The van der Waals surface area contributed by atoms with E-state index in [-0.39, 0.29) is 6.42 Å². The lowest BCUT2D eigenvalue weighted by Gasteiger charge is -2.13. The van der Waals surface area contributed by atoms with Gasteiger partial charge < -0.3 is 19.3 Å². The van der Waals surface area contributed by atoms with E-state index in [9.17, 15) is 9.59 Å². The molecule has 0 radical (unpaired) electrons. The number of carbonyl (C=O) groups is 2. The first kappa shape index (κ1) is 16.8. The molecular weight excluding hydrogens is 300 g/mol. The number of carbonyl (C=O) groups excluding carboxylic acids is 1. The highest BCUT2D eigenvalue weighted by molar-refractivity contribution is 5.84. The monoisotopic (exact) mass is 320 g/mol. The highest BCUT2D eigenvalue weighted by atomic mass is 16.4. The SMILES string of the molecule is CCCC[C@H](NC(=O)Cc1nc(-c2ccco2)oc1C)C(=O)O. The van der Waals surface area contributed by atoms with Crippen molar-refractivity contribution in [3.05, 3.63) is 29.9 Å². The maximum atomic E-state index is 12.1. The molecule has 2 N–H and O–H groups in total. The number of rotatable bonds is 8. The van der Waals surface area contributed by atoms with E-state index < -0.39 is 17.9 Å². The molecule has 0 aliphatic rings. The number of furan rings is 1. The van der Waals surface area contributed by atoms with E-state index in [0.717, 1.165) is 12.8 Å². The second-order valence-corrected chi connectivity index (χ2v) is 5.28. The average Bonchev–Trinajstić information content (AvgIpc) is 3.13. The van der Waals surface area contributed by atoms with Gasteiger partial charge in [0.25, 0.3) is 5.89 Å². The van der Waals surface area contributed by atoms with Gasteiger partial charge in [0.2, 0.25) is 5.91 Å². The highest BCUT2D eigenvalue weighted by Gasteiger charge is 2.21. The number of aliphatic carboxylic acids is 1. The molecule has 0 saturated carbocycles. The van der Waals surface area contributed by atoms with Gasteiger partial charge in [0, 0.05) is 0 Å². The number of hydrogen-bond donors (Lipinski definition) is 2. The lowest BCUT2D eigenvalue weighted by atomic mass is 10.1. The van der Waals surface area contributed by atoms with Crippen LogP contribution in [0.3, 0.4) is 0 Å². The summed E-state index contributed by atoms with van der Waals surface area (Å²) in [6.07, 6.45) is 3.49. The predicted molar refractivity (Wildman–Crippen MR) is 81.7 cm³/mol.